The van der Waals surface area contributed by atoms with Gasteiger partial charge in [-0.25, -0.2) is 0 Å². The fraction of sp³-hybridized carbons (Fsp3) is 0.143. The van der Waals surface area contributed by atoms with Crippen LogP contribution in [-0.4, -0.2) is 15.8 Å². The Balaban J connectivity index is 1.61. The Bertz CT molecular complexity index is 1100. The topological polar surface area (TPSA) is 119 Å². The molecular weight excluding hydrogens is 388 g/mol. The van der Waals surface area contributed by atoms with Crippen LogP contribution < -0.4 is 9.88 Å². The number of aromatic nitrogens is 1. The van der Waals surface area contributed by atoms with E-state index < -0.39 is 9.85 Å². The van der Waals surface area contributed by atoms with Gasteiger partial charge in [0.1, 0.15) is 0 Å². The molecule has 1 aromatic heterocycles. The first-order chi connectivity index (χ1) is 14.3. The van der Waals surface area contributed by atoms with Gasteiger partial charge in [-0.3, -0.25) is 25.0 Å². The van der Waals surface area contributed by atoms with Crippen LogP contribution in [0.1, 0.15) is 16.7 Å². The Labute approximate surface area is 171 Å². The van der Waals surface area contributed by atoms with Crippen LogP contribution in [-0.2, 0) is 17.8 Å². The molecular formula is C21H19N4O5+. The number of nitrogens with one attached hydrogen (secondary N) is 1. The SMILES string of the molecule is Cc1c(NC(=O)C[n+]2ccc(Cc3ccc([N+](=O)[O-])cc3)cc2)cccc1[N+](=O)[O-]. The van der Waals surface area contributed by atoms with E-state index in [-0.39, 0.29) is 23.8 Å². The molecule has 9 heteroatoms. The smallest absolute Gasteiger partial charge is 0.290 e. The number of nitro groups is 2. The summed E-state index contributed by atoms with van der Waals surface area (Å²) in [6, 6.07) is 14.7. The molecule has 0 atom stereocenters. The molecule has 0 aliphatic rings. The predicted molar refractivity (Wildman–Crippen MR) is 109 cm³/mol. The van der Waals surface area contributed by atoms with Crippen LogP contribution in [0.5, 0.6) is 0 Å². The summed E-state index contributed by atoms with van der Waals surface area (Å²) >= 11 is 0. The van der Waals surface area contributed by atoms with Crippen molar-refractivity contribution in [3.05, 3.63) is 104 Å². The van der Waals surface area contributed by atoms with Gasteiger partial charge in [-0.15, -0.1) is 0 Å². The number of anilines is 1. The Hall–Kier alpha value is -4.14. The molecule has 0 saturated heterocycles. The molecule has 30 heavy (non-hydrogen) atoms. The van der Waals surface area contributed by atoms with Gasteiger partial charge >= 0.3 is 0 Å². The summed E-state index contributed by atoms with van der Waals surface area (Å²) < 4.78 is 1.70. The van der Waals surface area contributed by atoms with Crippen molar-refractivity contribution >= 4 is 23.0 Å². The normalized spacial score (nSPS) is 10.4. The lowest BCUT2D eigenvalue weighted by Gasteiger charge is -2.07. The first-order valence-corrected chi connectivity index (χ1v) is 9.08. The third-order valence-electron chi connectivity index (χ3n) is 4.62. The minimum atomic E-state index is -0.483. The zero-order valence-electron chi connectivity index (χ0n) is 16.1. The number of non-ortho nitro benzene ring substituents is 1. The van der Waals surface area contributed by atoms with E-state index in [1.165, 1.54) is 24.3 Å². The molecule has 152 valence electrons. The molecule has 2 aromatic carbocycles. The predicted octanol–water partition coefficient (Wildman–Crippen LogP) is 3.33. The maximum absolute atomic E-state index is 12.3. The van der Waals surface area contributed by atoms with E-state index in [0.717, 1.165) is 11.1 Å². The molecule has 0 unspecified atom stereocenters. The second-order valence-electron chi connectivity index (χ2n) is 6.73. The van der Waals surface area contributed by atoms with Crippen LogP contribution in [0.3, 0.4) is 0 Å². The summed E-state index contributed by atoms with van der Waals surface area (Å²) in [4.78, 5) is 33.1. The number of hydrogen-bond donors (Lipinski definition) is 1. The highest BCUT2D eigenvalue weighted by molar-refractivity contribution is 5.91. The van der Waals surface area contributed by atoms with Crippen molar-refractivity contribution in [1.82, 2.24) is 0 Å². The minimum absolute atomic E-state index is 0.0453. The summed E-state index contributed by atoms with van der Waals surface area (Å²) in [6.45, 7) is 1.65. The number of carbonyl (C=O) groups is 1. The average molecular weight is 407 g/mol. The van der Waals surface area contributed by atoms with Gasteiger partial charge in [0.25, 0.3) is 17.3 Å². The Morgan fingerprint density at radius 2 is 1.57 bits per heavy atom. The maximum atomic E-state index is 12.3. The number of rotatable bonds is 7. The molecule has 0 aliphatic carbocycles. The largest absolute Gasteiger partial charge is 0.320 e. The van der Waals surface area contributed by atoms with E-state index in [2.05, 4.69) is 5.32 Å². The van der Waals surface area contributed by atoms with Crippen LogP contribution in [0.4, 0.5) is 17.1 Å². The molecule has 1 amide bonds. The van der Waals surface area contributed by atoms with Crippen LogP contribution in [0.2, 0.25) is 0 Å². The third kappa shape index (κ3) is 5.02. The summed E-state index contributed by atoms with van der Waals surface area (Å²) in [5.74, 6) is -0.299. The molecule has 3 rings (SSSR count). The number of nitro benzene ring substituents is 2. The Morgan fingerprint density at radius 3 is 2.17 bits per heavy atom. The molecule has 0 spiro atoms. The summed E-state index contributed by atoms with van der Waals surface area (Å²) in [7, 11) is 0. The molecule has 0 aliphatic heterocycles. The first-order valence-electron chi connectivity index (χ1n) is 9.08. The van der Waals surface area contributed by atoms with Gasteiger partial charge in [-0.05, 0) is 30.5 Å². The molecule has 1 heterocycles. The van der Waals surface area contributed by atoms with Crippen LogP contribution >= 0.6 is 0 Å². The average Bonchev–Trinajstić information content (AvgIpc) is 2.71. The Morgan fingerprint density at radius 1 is 0.933 bits per heavy atom. The van der Waals surface area contributed by atoms with Crippen molar-refractivity contribution in [3.8, 4) is 0 Å². The summed E-state index contributed by atoms with van der Waals surface area (Å²) in [5, 5.41) is 24.4. The van der Waals surface area contributed by atoms with Gasteiger partial charge in [0, 0.05) is 30.3 Å². The molecule has 3 aromatic rings. The highest BCUT2D eigenvalue weighted by Crippen LogP contribution is 2.24. The van der Waals surface area contributed by atoms with Crippen molar-refractivity contribution in [2.24, 2.45) is 0 Å². The number of nitrogens with zero attached hydrogens (tertiary/aromatic N) is 3. The lowest BCUT2D eigenvalue weighted by molar-refractivity contribution is -0.684. The lowest BCUT2D eigenvalue weighted by atomic mass is 10.1. The Kier molecular flexibility index (Phi) is 6.11. The minimum Gasteiger partial charge on any atom is -0.320 e. The second kappa shape index (κ2) is 8.91. The highest BCUT2D eigenvalue weighted by atomic mass is 16.6. The zero-order valence-corrected chi connectivity index (χ0v) is 16.1. The molecule has 1 N–H and O–H groups in total. The van der Waals surface area contributed by atoms with E-state index >= 15 is 0 Å². The number of carbonyl (C=O) groups excluding carboxylic acids is 1. The van der Waals surface area contributed by atoms with Crippen LogP contribution in [0, 0.1) is 27.2 Å². The third-order valence-corrected chi connectivity index (χ3v) is 4.62. The van der Waals surface area contributed by atoms with E-state index in [0.29, 0.717) is 17.7 Å². The van der Waals surface area contributed by atoms with E-state index in [1.807, 2.05) is 12.1 Å². The summed E-state index contributed by atoms with van der Waals surface area (Å²) in [5.41, 5.74) is 2.75. The highest BCUT2D eigenvalue weighted by Gasteiger charge is 2.16. The molecule has 0 saturated carbocycles. The monoisotopic (exact) mass is 407 g/mol. The first kappa shape index (κ1) is 20.6. The molecule has 9 nitrogen and oxygen atoms in total. The number of hydrogen-bond acceptors (Lipinski definition) is 5. The fourth-order valence-corrected chi connectivity index (χ4v) is 2.99. The van der Waals surface area contributed by atoms with Crippen molar-refractivity contribution in [2.45, 2.75) is 19.9 Å². The zero-order chi connectivity index (χ0) is 21.7. The van der Waals surface area contributed by atoms with Gasteiger partial charge in [0.05, 0.1) is 21.1 Å². The van der Waals surface area contributed by atoms with Crippen LogP contribution in [0.25, 0.3) is 0 Å². The fourth-order valence-electron chi connectivity index (χ4n) is 2.99. The summed E-state index contributed by atoms with van der Waals surface area (Å²) in [6.07, 6.45) is 4.14. The number of benzene rings is 2. The molecule has 0 fully saturated rings. The lowest BCUT2D eigenvalue weighted by Crippen LogP contribution is -2.39. The second-order valence-corrected chi connectivity index (χ2v) is 6.73. The van der Waals surface area contributed by atoms with Gasteiger partial charge in [-0.1, -0.05) is 18.2 Å². The number of pyridine rings is 1. The standard InChI is InChI=1S/C21H18N4O5/c1-15-19(3-2-4-20(15)25(29)30)22-21(26)14-23-11-9-17(10-12-23)13-16-5-7-18(8-6-16)24(27)28/h2-12H,13-14H2,1H3/p+1. The molecule has 0 radical (unpaired) electrons. The van der Waals surface area contributed by atoms with Gasteiger partial charge in [0.15, 0.2) is 12.4 Å². The van der Waals surface area contributed by atoms with E-state index in [9.17, 15) is 25.0 Å². The van der Waals surface area contributed by atoms with Crippen molar-refractivity contribution < 1.29 is 19.2 Å². The van der Waals surface area contributed by atoms with E-state index in [4.69, 9.17) is 0 Å². The van der Waals surface area contributed by atoms with Crippen LogP contribution in [0.15, 0.2) is 67.0 Å². The number of amides is 1. The van der Waals surface area contributed by atoms with Gasteiger partial charge in [-0.2, -0.15) is 4.57 Å². The maximum Gasteiger partial charge on any atom is 0.290 e. The van der Waals surface area contributed by atoms with E-state index in [1.54, 1.807) is 42.1 Å². The van der Waals surface area contributed by atoms with Crippen molar-refractivity contribution in [2.75, 3.05) is 5.32 Å². The van der Waals surface area contributed by atoms with Gasteiger partial charge in [0.2, 0.25) is 6.54 Å². The molecule has 0 bridgehead atoms. The van der Waals surface area contributed by atoms with Crippen molar-refractivity contribution in [1.29, 1.82) is 0 Å². The van der Waals surface area contributed by atoms with Gasteiger partial charge < -0.3 is 5.32 Å². The van der Waals surface area contributed by atoms with Crippen molar-refractivity contribution in [3.63, 3.8) is 0 Å². The quantitative estimate of drug-likeness (QED) is 0.366.